The van der Waals surface area contributed by atoms with Gasteiger partial charge in [0, 0.05) is 16.0 Å². The molecule has 35 heavy (non-hydrogen) atoms. The number of methoxy groups -OCH3 is 2. The highest BCUT2D eigenvalue weighted by molar-refractivity contribution is 7.17. The number of fused-ring (bicyclic) bond motifs is 1. The Hall–Kier alpha value is -3.29. The number of hydrogen-bond donors (Lipinski definition) is 1. The van der Waals surface area contributed by atoms with E-state index in [0.717, 1.165) is 47.3 Å². The second-order valence-corrected chi connectivity index (χ2v) is 9.60. The van der Waals surface area contributed by atoms with E-state index in [2.05, 4.69) is 5.32 Å². The van der Waals surface area contributed by atoms with E-state index in [9.17, 15) is 9.59 Å². The van der Waals surface area contributed by atoms with Gasteiger partial charge in [0.15, 0.2) is 11.5 Å². The van der Waals surface area contributed by atoms with Gasteiger partial charge in [0.05, 0.1) is 19.8 Å². The molecule has 1 aliphatic rings. The molecule has 0 atom stereocenters. The first-order chi connectivity index (χ1) is 17.0. The number of aryl methyl sites for hydroxylation is 1. The number of rotatable bonds is 8. The van der Waals surface area contributed by atoms with Crippen molar-refractivity contribution in [2.24, 2.45) is 0 Å². The molecule has 8 heteroatoms. The minimum Gasteiger partial charge on any atom is -0.493 e. The van der Waals surface area contributed by atoms with Crippen LogP contribution in [0.4, 0.5) is 5.00 Å². The van der Waals surface area contributed by atoms with E-state index in [-0.39, 0.29) is 5.91 Å². The van der Waals surface area contributed by atoms with Crippen LogP contribution >= 0.6 is 22.9 Å². The summed E-state index contributed by atoms with van der Waals surface area (Å²) in [4.78, 5) is 26.2. The number of anilines is 1. The summed E-state index contributed by atoms with van der Waals surface area (Å²) in [5, 5.41) is 4.08. The number of carbonyl (C=O) groups is 2. The van der Waals surface area contributed by atoms with Gasteiger partial charge in [-0.15, -0.1) is 11.3 Å². The molecule has 6 nitrogen and oxygen atoms in total. The fourth-order valence-corrected chi connectivity index (χ4v) is 5.35. The maximum atomic E-state index is 12.7. The van der Waals surface area contributed by atoms with Crippen molar-refractivity contribution in [1.82, 2.24) is 0 Å². The molecular formula is C27H26ClNO5S. The molecule has 0 unspecified atom stereocenters. The van der Waals surface area contributed by atoms with E-state index < -0.39 is 5.97 Å². The number of esters is 1. The number of hydrogen-bond acceptors (Lipinski definition) is 6. The first-order valence-electron chi connectivity index (χ1n) is 11.3. The number of thiophene rings is 1. The van der Waals surface area contributed by atoms with E-state index >= 15 is 0 Å². The van der Waals surface area contributed by atoms with Crippen LogP contribution in [0.3, 0.4) is 0 Å². The van der Waals surface area contributed by atoms with Crippen molar-refractivity contribution in [3.63, 3.8) is 0 Å². The standard InChI is InChI=1S/C27H26ClNO5S/c1-32-22-15-17(9-13-21(22)34-16-18-7-11-19(28)12-8-18)10-14-24(30)29-26-25(27(31)33-2)20-5-3-4-6-23(20)35-26/h7-15H,3-6,16H2,1-2H3,(H,29,30). The fourth-order valence-electron chi connectivity index (χ4n) is 3.95. The van der Waals surface area contributed by atoms with Gasteiger partial charge in [-0.3, -0.25) is 4.79 Å². The summed E-state index contributed by atoms with van der Waals surface area (Å²) in [6.07, 6.45) is 6.98. The van der Waals surface area contributed by atoms with Crippen molar-refractivity contribution >= 4 is 45.9 Å². The summed E-state index contributed by atoms with van der Waals surface area (Å²) in [6, 6.07) is 12.9. The van der Waals surface area contributed by atoms with Gasteiger partial charge in [-0.25, -0.2) is 4.79 Å². The third kappa shape index (κ3) is 6.05. The van der Waals surface area contributed by atoms with Gasteiger partial charge in [-0.2, -0.15) is 0 Å². The number of ether oxygens (including phenoxy) is 3. The summed E-state index contributed by atoms with van der Waals surface area (Å²) in [6.45, 7) is 0.373. The largest absolute Gasteiger partial charge is 0.493 e. The van der Waals surface area contributed by atoms with Crippen molar-refractivity contribution < 1.29 is 23.8 Å². The van der Waals surface area contributed by atoms with Crippen LogP contribution in [0.1, 0.15) is 44.8 Å². The molecule has 1 N–H and O–H groups in total. The highest BCUT2D eigenvalue weighted by Crippen LogP contribution is 2.38. The summed E-state index contributed by atoms with van der Waals surface area (Å²) in [5.74, 6) is 0.412. The predicted molar refractivity (Wildman–Crippen MR) is 139 cm³/mol. The average Bonchev–Trinajstić information content (AvgIpc) is 3.24. The summed E-state index contributed by atoms with van der Waals surface area (Å²) >= 11 is 7.38. The molecule has 0 saturated heterocycles. The van der Waals surface area contributed by atoms with Gasteiger partial charge in [0.2, 0.25) is 5.91 Å². The maximum absolute atomic E-state index is 12.7. The van der Waals surface area contributed by atoms with Crippen molar-refractivity contribution in [2.75, 3.05) is 19.5 Å². The Morgan fingerprint density at radius 2 is 1.83 bits per heavy atom. The van der Waals surface area contributed by atoms with E-state index in [1.54, 1.807) is 25.3 Å². The second kappa shape index (κ2) is 11.4. The van der Waals surface area contributed by atoms with E-state index in [1.807, 2.05) is 30.3 Å². The van der Waals surface area contributed by atoms with Crippen LogP contribution in [-0.2, 0) is 29.0 Å². The van der Waals surface area contributed by atoms with E-state index in [0.29, 0.717) is 33.7 Å². The second-order valence-electron chi connectivity index (χ2n) is 8.05. The average molecular weight is 512 g/mol. The zero-order valence-corrected chi connectivity index (χ0v) is 21.1. The molecule has 3 aromatic rings. The number of benzene rings is 2. The third-order valence-corrected chi connectivity index (χ3v) is 7.18. The quantitative estimate of drug-likeness (QED) is 0.283. The Bertz CT molecular complexity index is 1250. The Morgan fingerprint density at radius 3 is 2.57 bits per heavy atom. The van der Waals surface area contributed by atoms with Gasteiger partial charge < -0.3 is 19.5 Å². The van der Waals surface area contributed by atoms with Crippen molar-refractivity contribution in [3.05, 3.63) is 80.7 Å². The lowest BCUT2D eigenvalue weighted by atomic mass is 9.95. The van der Waals surface area contributed by atoms with Crippen LogP contribution in [-0.4, -0.2) is 26.1 Å². The first kappa shape index (κ1) is 24.8. The van der Waals surface area contributed by atoms with Crippen LogP contribution in [0.5, 0.6) is 11.5 Å². The van der Waals surface area contributed by atoms with Crippen LogP contribution in [0.2, 0.25) is 5.02 Å². The molecule has 0 radical (unpaired) electrons. The normalized spacial score (nSPS) is 12.8. The molecule has 1 heterocycles. The highest BCUT2D eigenvalue weighted by Gasteiger charge is 2.26. The fraction of sp³-hybridized carbons (Fsp3) is 0.259. The summed E-state index contributed by atoms with van der Waals surface area (Å²) in [5.41, 5.74) is 3.25. The van der Waals surface area contributed by atoms with Crippen LogP contribution in [0.25, 0.3) is 6.08 Å². The first-order valence-corrected chi connectivity index (χ1v) is 12.4. The van der Waals surface area contributed by atoms with E-state index in [4.69, 9.17) is 25.8 Å². The Balaban J connectivity index is 1.44. The zero-order valence-electron chi connectivity index (χ0n) is 19.6. The van der Waals surface area contributed by atoms with Gasteiger partial charge >= 0.3 is 5.97 Å². The molecule has 4 rings (SSSR count). The zero-order chi connectivity index (χ0) is 24.8. The highest BCUT2D eigenvalue weighted by atomic mass is 35.5. The smallest absolute Gasteiger partial charge is 0.341 e. The minimum absolute atomic E-state index is 0.323. The third-order valence-electron chi connectivity index (χ3n) is 5.72. The summed E-state index contributed by atoms with van der Waals surface area (Å²) < 4.78 is 16.3. The van der Waals surface area contributed by atoms with Crippen LogP contribution in [0, 0.1) is 0 Å². The molecule has 0 saturated carbocycles. The molecule has 1 aromatic heterocycles. The molecule has 182 valence electrons. The lowest BCUT2D eigenvalue weighted by Gasteiger charge is -2.12. The molecule has 1 amide bonds. The molecular weight excluding hydrogens is 486 g/mol. The van der Waals surface area contributed by atoms with Gasteiger partial charge in [-0.1, -0.05) is 29.8 Å². The van der Waals surface area contributed by atoms with Gasteiger partial charge in [-0.05, 0) is 72.7 Å². The monoisotopic (exact) mass is 511 g/mol. The number of carbonyl (C=O) groups excluding carboxylic acids is 2. The molecule has 0 spiro atoms. The van der Waals surface area contributed by atoms with Crippen molar-refractivity contribution in [1.29, 1.82) is 0 Å². The van der Waals surface area contributed by atoms with Crippen molar-refractivity contribution in [2.45, 2.75) is 32.3 Å². The molecule has 2 aromatic carbocycles. The molecule has 1 aliphatic carbocycles. The predicted octanol–water partition coefficient (Wildman–Crippen LogP) is 6.31. The number of amides is 1. The van der Waals surface area contributed by atoms with Crippen molar-refractivity contribution in [3.8, 4) is 11.5 Å². The topological polar surface area (TPSA) is 73.9 Å². The molecule has 0 bridgehead atoms. The van der Waals surface area contributed by atoms with Gasteiger partial charge in [0.25, 0.3) is 0 Å². The SMILES string of the molecule is COC(=O)c1c(NC(=O)C=Cc2ccc(OCc3ccc(Cl)cc3)c(OC)c2)sc2c1CCCC2. The van der Waals surface area contributed by atoms with Gasteiger partial charge in [0.1, 0.15) is 11.6 Å². The van der Waals surface area contributed by atoms with E-state index in [1.165, 1.54) is 24.5 Å². The minimum atomic E-state index is -0.414. The number of nitrogens with one attached hydrogen (secondary N) is 1. The maximum Gasteiger partial charge on any atom is 0.341 e. The summed E-state index contributed by atoms with van der Waals surface area (Å²) in [7, 11) is 2.93. The Kier molecular flexibility index (Phi) is 8.10. The lowest BCUT2D eigenvalue weighted by Crippen LogP contribution is -2.13. The molecule has 0 fully saturated rings. The number of halogens is 1. The van der Waals surface area contributed by atoms with Crippen LogP contribution < -0.4 is 14.8 Å². The molecule has 0 aliphatic heterocycles. The Morgan fingerprint density at radius 1 is 1.06 bits per heavy atom. The van der Waals surface area contributed by atoms with Crippen LogP contribution in [0.15, 0.2) is 48.5 Å². The lowest BCUT2D eigenvalue weighted by molar-refractivity contribution is -0.111. The Labute approximate surface area is 213 Å².